The number of carbonyl (C=O) groups excluding carboxylic acids is 1. The number of esters is 1. The molecule has 102 valence electrons. The first-order valence-corrected chi connectivity index (χ1v) is 6.75. The molecule has 1 heterocycles. The van der Waals surface area contributed by atoms with Crippen LogP contribution in [0.1, 0.15) is 39.3 Å². The Labute approximate surface area is 118 Å². The fraction of sp³-hybridized carbons (Fsp3) is 0.235. The maximum atomic E-state index is 11.6. The lowest BCUT2D eigenvalue weighted by molar-refractivity contribution is 0.0594. The standard InChI is InChI=1S/C17H17NO2/c1-11-4-3-5-12(8-11)9-13-6-7-15-14(13)10-16(18-15)17(19)20-2/h3-5,8-10,18H,6-7H2,1-2H3. The summed E-state index contributed by atoms with van der Waals surface area (Å²) in [4.78, 5) is 14.7. The van der Waals surface area contributed by atoms with Gasteiger partial charge in [-0.2, -0.15) is 0 Å². The summed E-state index contributed by atoms with van der Waals surface area (Å²) in [5, 5.41) is 0. The van der Waals surface area contributed by atoms with Crippen molar-refractivity contribution in [3.05, 3.63) is 58.4 Å². The van der Waals surface area contributed by atoms with Crippen molar-refractivity contribution in [2.24, 2.45) is 0 Å². The molecule has 1 aliphatic rings. The van der Waals surface area contributed by atoms with Crippen molar-refractivity contribution in [1.29, 1.82) is 0 Å². The summed E-state index contributed by atoms with van der Waals surface area (Å²) in [6, 6.07) is 10.3. The average Bonchev–Trinajstić information content (AvgIpc) is 3.00. The lowest BCUT2D eigenvalue weighted by atomic mass is 10.0. The number of aryl methyl sites for hydroxylation is 2. The van der Waals surface area contributed by atoms with E-state index in [9.17, 15) is 4.79 Å². The zero-order valence-electron chi connectivity index (χ0n) is 11.7. The number of methoxy groups -OCH3 is 1. The highest BCUT2D eigenvalue weighted by atomic mass is 16.5. The molecular weight excluding hydrogens is 250 g/mol. The molecule has 1 aromatic carbocycles. The summed E-state index contributed by atoms with van der Waals surface area (Å²) in [6.45, 7) is 2.09. The Balaban J connectivity index is 1.96. The molecule has 0 unspecified atom stereocenters. The number of carbonyl (C=O) groups is 1. The monoisotopic (exact) mass is 267 g/mol. The summed E-state index contributed by atoms with van der Waals surface area (Å²) in [7, 11) is 1.40. The highest BCUT2D eigenvalue weighted by molar-refractivity contribution is 5.92. The number of aromatic amines is 1. The lowest BCUT2D eigenvalue weighted by Crippen LogP contribution is -2.01. The van der Waals surface area contributed by atoms with Crippen LogP contribution in [0.15, 0.2) is 30.3 Å². The molecule has 3 nitrogen and oxygen atoms in total. The van der Waals surface area contributed by atoms with E-state index in [1.165, 1.54) is 23.8 Å². The first-order chi connectivity index (χ1) is 9.67. The smallest absolute Gasteiger partial charge is 0.354 e. The Morgan fingerprint density at radius 3 is 2.90 bits per heavy atom. The van der Waals surface area contributed by atoms with Crippen molar-refractivity contribution < 1.29 is 9.53 Å². The quantitative estimate of drug-likeness (QED) is 0.845. The third kappa shape index (κ3) is 2.27. The van der Waals surface area contributed by atoms with Crippen molar-refractivity contribution in [2.45, 2.75) is 19.8 Å². The van der Waals surface area contributed by atoms with Gasteiger partial charge in [-0.1, -0.05) is 35.9 Å². The molecule has 20 heavy (non-hydrogen) atoms. The number of aromatic nitrogens is 1. The van der Waals surface area contributed by atoms with Gasteiger partial charge in [0.1, 0.15) is 5.69 Å². The number of nitrogens with one attached hydrogen (secondary N) is 1. The van der Waals surface area contributed by atoms with Crippen LogP contribution >= 0.6 is 0 Å². The topological polar surface area (TPSA) is 42.1 Å². The molecule has 3 heteroatoms. The van der Waals surface area contributed by atoms with Crippen molar-refractivity contribution >= 4 is 17.6 Å². The van der Waals surface area contributed by atoms with Gasteiger partial charge < -0.3 is 9.72 Å². The van der Waals surface area contributed by atoms with Crippen LogP contribution in [0, 0.1) is 6.92 Å². The van der Waals surface area contributed by atoms with E-state index in [0.717, 1.165) is 24.1 Å². The summed E-state index contributed by atoms with van der Waals surface area (Å²) in [5.41, 5.74) is 6.54. The number of hydrogen-bond donors (Lipinski definition) is 1. The highest BCUT2D eigenvalue weighted by Crippen LogP contribution is 2.34. The average molecular weight is 267 g/mol. The fourth-order valence-corrected chi connectivity index (χ4v) is 2.71. The van der Waals surface area contributed by atoms with Gasteiger partial charge in [-0.05, 0) is 42.5 Å². The van der Waals surface area contributed by atoms with Crippen molar-refractivity contribution in [2.75, 3.05) is 7.11 Å². The molecule has 1 aromatic heterocycles. The van der Waals surface area contributed by atoms with Crippen molar-refractivity contribution in [3.8, 4) is 0 Å². The Morgan fingerprint density at radius 1 is 1.30 bits per heavy atom. The Bertz CT molecular complexity index is 695. The number of ether oxygens (including phenoxy) is 1. The molecule has 1 aliphatic carbocycles. The van der Waals surface area contributed by atoms with Gasteiger partial charge in [-0.15, -0.1) is 0 Å². The largest absolute Gasteiger partial charge is 0.464 e. The van der Waals surface area contributed by atoms with Crippen LogP contribution in [-0.2, 0) is 11.2 Å². The van der Waals surface area contributed by atoms with Crippen LogP contribution < -0.4 is 0 Å². The highest BCUT2D eigenvalue weighted by Gasteiger charge is 2.21. The minimum Gasteiger partial charge on any atom is -0.464 e. The van der Waals surface area contributed by atoms with Crippen LogP contribution in [0.4, 0.5) is 0 Å². The number of H-pyrrole nitrogens is 1. The minimum absolute atomic E-state index is 0.311. The number of allylic oxidation sites excluding steroid dienone is 1. The maximum absolute atomic E-state index is 11.6. The molecule has 0 atom stereocenters. The SMILES string of the molecule is COC(=O)c1cc2c([nH]1)CCC2=Cc1cccc(C)c1. The summed E-state index contributed by atoms with van der Waals surface area (Å²) < 4.78 is 4.75. The molecule has 0 spiro atoms. The predicted octanol–water partition coefficient (Wildman–Crippen LogP) is 3.60. The molecule has 0 bridgehead atoms. The van der Waals surface area contributed by atoms with E-state index < -0.39 is 0 Å². The van der Waals surface area contributed by atoms with Crippen LogP contribution in [0.3, 0.4) is 0 Å². The first-order valence-electron chi connectivity index (χ1n) is 6.75. The van der Waals surface area contributed by atoms with E-state index in [0.29, 0.717) is 5.69 Å². The Kier molecular flexibility index (Phi) is 3.18. The third-order valence-electron chi connectivity index (χ3n) is 3.68. The molecule has 3 rings (SSSR count). The van der Waals surface area contributed by atoms with Crippen LogP contribution in [0.5, 0.6) is 0 Å². The van der Waals surface area contributed by atoms with Gasteiger partial charge in [0.05, 0.1) is 7.11 Å². The second-order valence-corrected chi connectivity index (χ2v) is 5.15. The van der Waals surface area contributed by atoms with E-state index in [4.69, 9.17) is 4.74 Å². The molecule has 0 saturated heterocycles. The van der Waals surface area contributed by atoms with Gasteiger partial charge in [-0.3, -0.25) is 0 Å². The van der Waals surface area contributed by atoms with Gasteiger partial charge in [0.15, 0.2) is 0 Å². The first kappa shape index (κ1) is 12.7. The molecule has 0 fully saturated rings. The molecule has 1 N–H and O–H groups in total. The van der Waals surface area contributed by atoms with Crippen LogP contribution in [0.2, 0.25) is 0 Å². The predicted molar refractivity (Wildman–Crippen MR) is 79.5 cm³/mol. The molecule has 0 saturated carbocycles. The zero-order chi connectivity index (χ0) is 14.1. The number of hydrogen-bond acceptors (Lipinski definition) is 2. The lowest BCUT2D eigenvalue weighted by Gasteiger charge is -2.00. The van der Waals surface area contributed by atoms with Gasteiger partial charge in [0, 0.05) is 5.69 Å². The zero-order valence-corrected chi connectivity index (χ0v) is 11.7. The Morgan fingerprint density at radius 2 is 2.15 bits per heavy atom. The van der Waals surface area contributed by atoms with E-state index >= 15 is 0 Å². The van der Waals surface area contributed by atoms with Gasteiger partial charge in [0.25, 0.3) is 0 Å². The van der Waals surface area contributed by atoms with E-state index in [1.807, 2.05) is 6.07 Å². The number of benzene rings is 1. The van der Waals surface area contributed by atoms with Gasteiger partial charge >= 0.3 is 5.97 Å². The van der Waals surface area contributed by atoms with E-state index in [2.05, 4.69) is 42.2 Å². The second-order valence-electron chi connectivity index (χ2n) is 5.15. The summed E-state index contributed by atoms with van der Waals surface area (Å²) in [5.74, 6) is -0.311. The van der Waals surface area contributed by atoms with Gasteiger partial charge in [0.2, 0.25) is 0 Å². The number of fused-ring (bicyclic) bond motifs is 1. The third-order valence-corrected chi connectivity index (χ3v) is 3.68. The normalized spacial score (nSPS) is 15.4. The second kappa shape index (κ2) is 5.00. The van der Waals surface area contributed by atoms with Crippen LogP contribution in [0.25, 0.3) is 11.6 Å². The molecule has 0 radical (unpaired) electrons. The Hall–Kier alpha value is -2.29. The van der Waals surface area contributed by atoms with Crippen molar-refractivity contribution in [1.82, 2.24) is 4.98 Å². The van der Waals surface area contributed by atoms with Gasteiger partial charge in [-0.25, -0.2) is 4.79 Å². The summed E-state index contributed by atoms with van der Waals surface area (Å²) >= 11 is 0. The minimum atomic E-state index is -0.311. The van der Waals surface area contributed by atoms with E-state index in [1.54, 1.807) is 0 Å². The molecule has 0 aliphatic heterocycles. The molecular formula is C17H17NO2. The molecule has 0 amide bonds. The molecule has 2 aromatic rings. The van der Waals surface area contributed by atoms with Crippen molar-refractivity contribution in [3.63, 3.8) is 0 Å². The number of rotatable bonds is 2. The maximum Gasteiger partial charge on any atom is 0.354 e. The fourth-order valence-electron chi connectivity index (χ4n) is 2.71. The van der Waals surface area contributed by atoms with Crippen LogP contribution in [-0.4, -0.2) is 18.1 Å². The van der Waals surface area contributed by atoms with E-state index in [-0.39, 0.29) is 5.97 Å². The summed E-state index contributed by atoms with van der Waals surface area (Å²) in [6.07, 6.45) is 4.16.